The summed E-state index contributed by atoms with van der Waals surface area (Å²) in [6, 6.07) is 11.8. The third-order valence-corrected chi connectivity index (χ3v) is 3.68. The van der Waals surface area contributed by atoms with Crippen molar-refractivity contribution in [1.29, 1.82) is 0 Å². The van der Waals surface area contributed by atoms with Gasteiger partial charge < -0.3 is 9.52 Å². The average Bonchev–Trinajstić information content (AvgIpc) is 2.46. The first-order valence-electron chi connectivity index (χ1n) is 6.54. The van der Waals surface area contributed by atoms with Crippen LogP contribution < -0.4 is 5.63 Å². The Balaban J connectivity index is 2.53. The zero-order valence-electron chi connectivity index (χ0n) is 11.6. The van der Waals surface area contributed by atoms with Crippen LogP contribution in [0, 0.1) is 0 Å². The molecule has 0 atom stereocenters. The van der Waals surface area contributed by atoms with Crippen LogP contribution in [0.3, 0.4) is 0 Å². The molecule has 0 aliphatic heterocycles. The second-order valence-corrected chi connectivity index (χ2v) is 5.27. The molecule has 1 aromatic heterocycles. The van der Waals surface area contributed by atoms with E-state index in [1.54, 1.807) is 0 Å². The van der Waals surface area contributed by atoms with Crippen LogP contribution in [-0.2, 0) is 0 Å². The molecule has 4 nitrogen and oxygen atoms in total. The number of hydrogen-bond acceptors (Lipinski definition) is 4. The zero-order valence-corrected chi connectivity index (χ0v) is 12.3. The van der Waals surface area contributed by atoms with Crippen LogP contribution in [0.1, 0.15) is 17.3 Å². The minimum Gasteiger partial charge on any atom is -0.507 e. The van der Waals surface area contributed by atoms with Gasteiger partial charge in [0, 0.05) is 23.1 Å². The first-order chi connectivity index (χ1) is 10.5. The Labute approximate surface area is 130 Å². The number of carbonyl (C=O) groups is 1. The molecule has 0 radical (unpaired) electrons. The van der Waals surface area contributed by atoms with Crippen molar-refractivity contribution in [3.05, 3.63) is 63.5 Å². The van der Waals surface area contributed by atoms with Crippen molar-refractivity contribution in [2.75, 3.05) is 0 Å². The molecule has 0 spiro atoms. The quantitative estimate of drug-likeness (QED) is 0.573. The summed E-state index contributed by atoms with van der Waals surface area (Å²) in [5.74, 6) is -0.717. The highest BCUT2D eigenvalue weighted by molar-refractivity contribution is 6.37. The lowest BCUT2D eigenvalue weighted by Crippen LogP contribution is -2.03. The van der Waals surface area contributed by atoms with Crippen molar-refractivity contribution in [1.82, 2.24) is 0 Å². The maximum atomic E-state index is 11.9. The SMILES string of the molecule is CC(=O)c1c(O)cc(Cl)c2c(-c3ccccc3)cc(=O)oc12. The predicted molar refractivity (Wildman–Crippen MR) is 84.6 cm³/mol. The molecule has 0 aliphatic carbocycles. The molecule has 0 unspecified atom stereocenters. The maximum Gasteiger partial charge on any atom is 0.336 e. The summed E-state index contributed by atoms with van der Waals surface area (Å²) in [6.07, 6.45) is 0. The molecule has 1 heterocycles. The normalized spacial score (nSPS) is 10.8. The van der Waals surface area contributed by atoms with Crippen molar-refractivity contribution in [3.8, 4) is 16.9 Å². The number of ketones is 1. The molecule has 3 aromatic rings. The van der Waals surface area contributed by atoms with Crippen LogP contribution in [0.15, 0.2) is 51.7 Å². The Morgan fingerprint density at radius 2 is 1.86 bits per heavy atom. The van der Waals surface area contributed by atoms with E-state index in [0.29, 0.717) is 10.9 Å². The second kappa shape index (κ2) is 5.31. The minimum atomic E-state index is -0.615. The summed E-state index contributed by atoms with van der Waals surface area (Å²) in [6.45, 7) is 1.29. The van der Waals surface area contributed by atoms with E-state index < -0.39 is 11.4 Å². The zero-order chi connectivity index (χ0) is 15.9. The summed E-state index contributed by atoms with van der Waals surface area (Å²) in [4.78, 5) is 23.7. The van der Waals surface area contributed by atoms with Gasteiger partial charge in [0.1, 0.15) is 11.3 Å². The lowest BCUT2D eigenvalue weighted by molar-refractivity contribution is 0.101. The molecule has 0 amide bonds. The Kier molecular flexibility index (Phi) is 3.47. The van der Waals surface area contributed by atoms with Gasteiger partial charge in [-0.1, -0.05) is 41.9 Å². The van der Waals surface area contributed by atoms with Crippen LogP contribution in [-0.4, -0.2) is 10.9 Å². The Hall–Kier alpha value is -2.59. The molecule has 0 saturated heterocycles. The van der Waals surface area contributed by atoms with Crippen molar-refractivity contribution in [2.45, 2.75) is 6.92 Å². The van der Waals surface area contributed by atoms with Gasteiger partial charge in [-0.2, -0.15) is 0 Å². The van der Waals surface area contributed by atoms with E-state index in [1.165, 1.54) is 19.1 Å². The van der Waals surface area contributed by atoms with Crippen LogP contribution in [0.25, 0.3) is 22.1 Å². The number of Topliss-reactive ketones (excluding diaryl/α,β-unsaturated/α-hetero) is 1. The summed E-state index contributed by atoms with van der Waals surface area (Å²) in [7, 11) is 0. The lowest BCUT2D eigenvalue weighted by atomic mass is 9.98. The molecule has 0 saturated carbocycles. The number of carbonyl (C=O) groups excluding carboxylic acids is 1. The monoisotopic (exact) mass is 314 g/mol. The summed E-state index contributed by atoms with van der Waals surface area (Å²) < 4.78 is 5.16. The van der Waals surface area contributed by atoms with Gasteiger partial charge in [-0.05, 0) is 12.5 Å². The van der Waals surface area contributed by atoms with Gasteiger partial charge in [-0.15, -0.1) is 0 Å². The van der Waals surface area contributed by atoms with Crippen LogP contribution in [0.4, 0.5) is 0 Å². The topological polar surface area (TPSA) is 67.5 Å². The van der Waals surface area contributed by atoms with E-state index in [2.05, 4.69) is 0 Å². The fourth-order valence-electron chi connectivity index (χ4n) is 2.47. The summed E-state index contributed by atoms with van der Waals surface area (Å²) >= 11 is 6.21. The van der Waals surface area contributed by atoms with Gasteiger partial charge >= 0.3 is 5.63 Å². The number of halogens is 1. The van der Waals surface area contributed by atoms with E-state index in [4.69, 9.17) is 16.0 Å². The molecule has 0 aliphatic rings. The number of hydrogen-bond donors (Lipinski definition) is 1. The second-order valence-electron chi connectivity index (χ2n) is 4.86. The first-order valence-corrected chi connectivity index (χ1v) is 6.92. The molecular formula is C17H11ClO4. The van der Waals surface area contributed by atoms with Gasteiger partial charge in [0.05, 0.1) is 5.02 Å². The van der Waals surface area contributed by atoms with Crippen molar-refractivity contribution < 1.29 is 14.3 Å². The molecular weight excluding hydrogens is 304 g/mol. The molecule has 0 bridgehead atoms. The summed E-state index contributed by atoms with van der Waals surface area (Å²) in [5, 5.41) is 10.6. The Morgan fingerprint density at radius 1 is 1.18 bits per heavy atom. The maximum absolute atomic E-state index is 11.9. The van der Waals surface area contributed by atoms with Crippen LogP contribution in [0.5, 0.6) is 5.75 Å². The Morgan fingerprint density at radius 3 is 2.50 bits per heavy atom. The molecule has 3 rings (SSSR count). The van der Waals surface area contributed by atoms with Crippen LogP contribution in [0.2, 0.25) is 5.02 Å². The van der Waals surface area contributed by atoms with Gasteiger partial charge in [0.15, 0.2) is 11.4 Å². The number of phenols is 1. The van der Waals surface area contributed by atoms with E-state index in [1.807, 2.05) is 30.3 Å². The van der Waals surface area contributed by atoms with Gasteiger partial charge in [0.2, 0.25) is 0 Å². The number of fused-ring (bicyclic) bond motifs is 1. The first kappa shape index (κ1) is 14.4. The highest BCUT2D eigenvalue weighted by atomic mass is 35.5. The molecule has 22 heavy (non-hydrogen) atoms. The molecule has 0 fully saturated rings. The highest BCUT2D eigenvalue weighted by Crippen LogP contribution is 2.38. The third kappa shape index (κ3) is 2.27. The van der Waals surface area contributed by atoms with E-state index in [-0.39, 0.29) is 21.9 Å². The fourth-order valence-corrected chi connectivity index (χ4v) is 2.76. The summed E-state index contributed by atoms with van der Waals surface area (Å²) in [5.41, 5.74) is 0.662. The van der Waals surface area contributed by atoms with Crippen molar-refractivity contribution >= 4 is 28.4 Å². The van der Waals surface area contributed by atoms with Gasteiger partial charge in [-0.3, -0.25) is 4.79 Å². The molecule has 1 N–H and O–H groups in total. The largest absolute Gasteiger partial charge is 0.507 e. The third-order valence-electron chi connectivity index (χ3n) is 3.38. The van der Waals surface area contributed by atoms with Crippen molar-refractivity contribution in [2.24, 2.45) is 0 Å². The standard InChI is InChI=1S/C17H11ClO4/c1-9(19)15-13(20)8-12(18)16-11(7-14(21)22-17(15)16)10-5-3-2-4-6-10/h2-8,20H,1H3. The molecule has 110 valence electrons. The number of phenolic OH excluding ortho intramolecular Hbond substituents is 1. The minimum absolute atomic E-state index is 0.00357. The Bertz CT molecular complexity index is 942. The van der Waals surface area contributed by atoms with E-state index in [0.717, 1.165) is 5.56 Å². The lowest BCUT2D eigenvalue weighted by Gasteiger charge is -2.11. The van der Waals surface area contributed by atoms with E-state index in [9.17, 15) is 14.7 Å². The molecule has 5 heteroatoms. The fraction of sp³-hybridized carbons (Fsp3) is 0.0588. The molecule has 2 aromatic carbocycles. The van der Waals surface area contributed by atoms with Crippen molar-refractivity contribution in [3.63, 3.8) is 0 Å². The smallest absolute Gasteiger partial charge is 0.336 e. The number of aromatic hydroxyl groups is 1. The predicted octanol–water partition coefficient (Wildman–Crippen LogP) is 4.02. The average molecular weight is 315 g/mol. The number of rotatable bonds is 2. The van der Waals surface area contributed by atoms with Gasteiger partial charge in [-0.25, -0.2) is 4.79 Å². The number of benzene rings is 2. The van der Waals surface area contributed by atoms with Crippen LogP contribution >= 0.6 is 11.6 Å². The highest BCUT2D eigenvalue weighted by Gasteiger charge is 2.20. The van der Waals surface area contributed by atoms with Gasteiger partial charge in [0.25, 0.3) is 0 Å². The van der Waals surface area contributed by atoms with E-state index >= 15 is 0 Å².